The van der Waals surface area contributed by atoms with Gasteiger partial charge in [0.15, 0.2) is 0 Å². The maximum absolute atomic E-state index is 10.2. The van der Waals surface area contributed by atoms with Crippen LogP contribution in [0, 0.1) is 5.92 Å². The van der Waals surface area contributed by atoms with Gasteiger partial charge in [-0.05, 0) is 37.0 Å². The topological polar surface area (TPSA) is 17.1 Å². The molecule has 0 N–H and O–H groups in total. The van der Waals surface area contributed by atoms with Gasteiger partial charge in [-0.25, -0.2) is 0 Å². The lowest BCUT2D eigenvalue weighted by Gasteiger charge is -2.03. The predicted octanol–water partition coefficient (Wildman–Crippen LogP) is 4.40. The summed E-state index contributed by atoms with van der Waals surface area (Å²) in [5, 5.41) is 0. The summed E-state index contributed by atoms with van der Waals surface area (Å²) in [6, 6.07) is 0. The molecule has 0 amide bonds. The lowest BCUT2D eigenvalue weighted by Crippen LogP contribution is -1.88. The first-order valence-electron chi connectivity index (χ1n) is 5.91. The summed E-state index contributed by atoms with van der Waals surface area (Å²) >= 11 is 0. The molecule has 0 aliphatic rings. The van der Waals surface area contributed by atoms with Crippen LogP contribution in [0.5, 0.6) is 0 Å². The third-order valence-corrected chi connectivity index (χ3v) is 2.31. The van der Waals surface area contributed by atoms with Crippen LogP contribution in [0.25, 0.3) is 0 Å². The maximum Gasteiger partial charge on any atom is 0.143 e. The van der Waals surface area contributed by atoms with Crippen LogP contribution < -0.4 is 0 Å². The summed E-state index contributed by atoms with van der Waals surface area (Å²) in [7, 11) is 0. The molecule has 1 heteroatoms. The molecule has 0 atom stereocenters. The molecule has 0 unspecified atom stereocenters. The highest BCUT2D eigenvalue weighted by atomic mass is 16.1. The Labute approximate surface area is 105 Å². The number of carbonyl (C=O) groups excluding carboxylic acids is 1. The number of hydrogen-bond acceptors (Lipinski definition) is 1. The fourth-order valence-electron chi connectivity index (χ4n) is 1.29. The number of allylic oxidation sites excluding steroid dienone is 10. The van der Waals surface area contributed by atoms with Crippen molar-refractivity contribution in [2.24, 2.45) is 5.92 Å². The minimum atomic E-state index is 0.554. The summed E-state index contributed by atoms with van der Waals surface area (Å²) in [4.78, 5) is 10.2. The van der Waals surface area contributed by atoms with E-state index in [0.717, 1.165) is 11.9 Å². The van der Waals surface area contributed by atoms with E-state index in [1.54, 1.807) is 0 Å². The number of hydrogen-bond donors (Lipinski definition) is 0. The standard InChI is InChI=1S/C16H22O/c1-5-16(14(2)3)11-9-7-6-8-10-15(4)12-13-17/h5-14H,1-4H3. The molecule has 0 fully saturated rings. The zero-order chi connectivity index (χ0) is 13.1. The maximum atomic E-state index is 10.2. The molecule has 0 aromatic carbocycles. The second-order valence-corrected chi connectivity index (χ2v) is 4.09. The molecule has 0 bridgehead atoms. The molecule has 0 saturated carbocycles. The third kappa shape index (κ3) is 8.21. The molecule has 0 aliphatic heterocycles. The van der Waals surface area contributed by atoms with Crippen LogP contribution in [0.2, 0.25) is 0 Å². The average Bonchev–Trinajstić information content (AvgIpc) is 2.28. The monoisotopic (exact) mass is 230 g/mol. The van der Waals surface area contributed by atoms with Crippen molar-refractivity contribution in [3.8, 4) is 0 Å². The molecule has 0 aromatic rings. The highest BCUT2D eigenvalue weighted by Gasteiger charge is 1.94. The molecule has 0 aromatic heterocycles. The van der Waals surface area contributed by atoms with E-state index in [1.165, 1.54) is 11.6 Å². The summed E-state index contributed by atoms with van der Waals surface area (Å²) in [6.07, 6.45) is 16.4. The van der Waals surface area contributed by atoms with Gasteiger partial charge in [-0.15, -0.1) is 0 Å². The van der Waals surface area contributed by atoms with Crippen LogP contribution in [0.4, 0.5) is 0 Å². The zero-order valence-corrected chi connectivity index (χ0v) is 11.2. The SMILES string of the molecule is CC=C(C=CC=CC=CC(C)=CC=O)C(C)C. The summed E-state index contributed by atoms with van der Waals surface area (Å²) in [6.45, 7) is 8.30. The molecule has 0 rings (SSSR count). The minimum absolute atomic E-state index is 0.554. The van der Waals surface area contributed by atoms with Gasteiger partial charge in [0.1, 0.15) is 6.29 Å². The van der Waals surface area contributed by atoms with Crippen molar-refractivity contribution in [2.75, 3.05) is 0 Å². The molecular formula is C16H22O. The average molecular weight is 230 g/mol. The normalized spacial score (nSPS) is 14.6. The number of rotatable bonds is 6. The van der Waals surface area contributed by atoms with E-state index in [-0.39, 0.29) is 0 Å². The quantitative estimate of drug-likeness (QED) is 0.375. The highest BCUT2D eigenvalue weighted by Crippen LogP contribution is 2.10. The summed E-state index contributed by atoms with van der Waals surface area (Å²) < 4.78 is 0. The number of aldehydes is 1. The first-order chi connectivity index (χ1) is 8.11. The lowest BCUT2D eigenvalue weighted by atomic mass is 10.0. The van der Waals surface area contributed by atoms with Gasteiger partial charge in [0.05, 0.1) is 0 Å². The fraction of sp³-hybridized carbons (Fsp3) is 0.312. The van der Waals surface area contributed by atoms with Gasteiger partial charge in [0.2, 0.25) is 0 Å². The smallest absolute Gasteiger partial charge is 0.143 e. The van der Waals surface area contributed by atoms with E-state index < -0.39 is 0 Å². The van der Waals surface area contributed by atoms with Gasteiger partial charge in [-0.2, -0.15) is 0 Å². The van der Waals surface area contributed by atoms with Crippen LogP contribution in [-0.2, 0) is 4.79 Å². The van der Waals surface area contributed by atoms with Crippen molar-refractivity contribution in [1.29, 1.82) is 0 Å². The van der Waals surface area contributed by atoms with Crippen LogP contribution in [0.3, 0.4) is 0 Å². The predicted molar refractivity (Wildman–Crippen MR) is 75.8 cm³/mol. The van der Waals surface area contributed by atoms with Gasteiger partial charge >= 0.3 is 0 Å². The molecule has 0 spiro atoms. The van der Waals surface area contributed by atoms with E-state index in [1.807, 2.05) is 37.3 Å². The van der Waals surface area contributed by atoms with Gasteiger partial charge < -0.3 is 0 Å². The van der Waals surface area contributed by atoms with Gasteiger partial charge in [0.25, 0.3) is 0 Å². The van der Waals surface area contributed by atoms with E-state index >= 15 is 0 Å². The minimum Gasteiger partial charge on any atom is -0.299 e. The largest absolute Gasteiger partial charge is 0.299 e. The molecule has 0 saturated heterocycles. The molecule has 0 radical (unpaired) electrons. The van der Waals surface area contributed by atoms with Gasteiger partial charge in [-0.1, -0.05) is 56.4 Å². The highest BCUT2D eigenvalue weighted by molar-refractivity contribution is 5.66. The molecule has 92 valence electrons. The second-order valence-electron chi connectivity index (χ2n) is 4.09. The van der Waals surface area contributed by atoms with Crippen molar-refractivity contribution in [3.63, 3.8) is 0 Å². The first kappa shape index (κ1) is 15.4. The van der Waals surface area contributed by atoms with Crippen LogP contribution in [-0.4, -0.2) is 6.29 Å². The van der Waals surface area contributed by atoms with Crippen molar-refractivity contribution in [1.82, 2.24) is 0 Å². The van der Waals surface area contributed by atoms with Crippen molar-refractivity contribution >= 4 is 6.29 Å². The third-order valence-electron chi connectivity index (χ3n) is 2.31. The molecule has 0 heterocycles. The Hall–Kier alpha value is -1.63. The van der Waals surface area contributed by atoms with Crippen molar-refractivity contribution in [3.05, 3.63) is 59.8 Å². The molecule has 0 aliphatic carbocycles. The molecular weight excluding hydrogens is 208 g/mol. The van der Waals surface area contributed by atoms with Crippen LogP contribution in [0.15, 0.2) is 59.8 Å². The van der Waals surface area contributed by atoms with Crippen LogP contribution in [0.1, 0.15) is 27.7 Å². The Morgan fingerprint density at radius 1 is 1.00 bits per heavy atom. The Bertz CT molecular complexity index is 363. The Kier molecular flexibility index (Phi) is 8.67. The van der Waals surface area contributed by atoms with Crippen molar-refractivity contribution < 1.29 is 4.79 Å². The first-order valence-corrected chi connectivity index (χ1v) is 5.91. The number of carbonyl (C=O) groups is 1. The van der Waals surface area contributed by atoms with Crippen LogP contribution >= 0.6 is 0 Å². The summed E-state index contributed by atoms with van der Waals surface area (Å²) in [5.41, 5.74) is 2.28. The van der Waals surface area contributed by atoms with E-state index in [4.69, 9.17) is 0 Å². The molecule has 17 heavy (non-hydrogen) atoms. The molecule has 1 nitrogen and oxygen atoms in total. The second kappa shape index (κ2) is 9.59. The zero-order valence-electron chi connectivity index (χ0n) is 11.2. The Morgan fingerprint density at radius 3 is 2.06 bits per heavy atom. The van der Waals surface area contributed by atoms with E-state index in [2.05, 4.69) is 32.9 Å². The van der Waals surface area contributed by atoms with Gasteiger partial charge in [0, 0.05) is 0 Å². The van der Waals surface area contributed by atoms with E-state index in [9.17, 15) is 4.79 Å². The fourth-order valence-corrected chi connectivity index (χ4v) is 1.29. The van der Waals surface area contributed by atoms with Gasteiger partial charge in [-0.3, -0.25) is 4.79 Å². The van der Waals surface area contributed by atoms with Crippen molar-refractivity contribution in [2.45, 2.75) is 27.7 Å². The summed E-state index contributed by atoms with van der Waals surface area (Å²) in [5.74, 6) is 0.554. The Balaban J connectivity index is 4.25. The van der Waals surface area contributed by atoms with E-state index in [0.29, 0.717) is 5.92 Å². The lowest BCUT2D eigenvalue weighted by molar-refractivity contribution is -0.104. The Morgan fingerprint density at radius 2 is 1.59 bits per heavy atom.